The van der Waals surface area contributed by atoms with Gasteiger partial charge in [0.05, 0.1) is 35.2 Å². The largest absolute Gasteiger partial charge is 0.481 e. The zero-order chi connectivity index (χ0) is 23.8. The van der Waals surface area contributed by atoms with E-state index in [4.69, 9.17) is 9.47 Å². The lowest BCUT2D eigenvalue weighted by molar-refractivity contribution is -0.148. The molecule has 0 saturated carbocycles. The van der Waals surface area contributed by atoms with Gasteiger partial charge in [-0.1, -0.05) is 12.2 Å². The molecule has 6 nitrogen and oxygen atoms in total. The molecule has 0 spiro atoms. The molecule has 2 rings (SSSR count). The second-order valence-electron chi connectivity index (χ2n) is 11.0. The summed E-state index contributed by atoms with van der Waals surface area (Å²) in [5.41, 5.74) is -1.35. The van der Waals surface area contributed by atoms with E-state index in [1.165, 1.54) is 0 Å². The zero-order valence-corrected chi connectivity index (χ0v) is 20.5. The molecule has 4 unspecified atom stereocenters. The number of carbonyl (C=O) groups is 2. The number of aliphatic carboxylic acids is 2. The smallest absolute Gasteiger partial charge is 0.309 e. The SMILES string of the molecule is CC(C)(CCCC1CCCC(/C=C/C2CCCC(CCCC(C)(C)C(=O)O)O2)O1)C(=O)O. The molecule has 2 saturated heterocycles. The molecule has 0 amide bonds. The Morgan fingerprint density at radius 1 is 0.750 bits per heavy atom. The maximum Gasteiger partial charge on any atom is 0.309 e. The Morgan fingerprint density at radius 3 is 1.47 bits per heavy atom. The first-order valence-corrected chi connectivity index (χ1v) is 12.5. The summed E-state index contributed by atoms with van der Waals surface area (Å²) in [5, 5.41) is 18.5. The van der Waals surface area contributed by atoms with Crippen LogP contribution in [0.3, 0.4) is 0 Å². The van der Waals surface area contributed by atoms with Crippen molar-refractivity contribution < 1.29 is 29.3 Å². The number of carboxylic acids is 2. The minimum absolute atomic E-state index is 0.113. The van der Waals surface area contributed by atoms with Crippen molar-refractivity contribution in [2.45, 2.75) is 129 Å². The highest BCUT2D eigenvalue weighted by Gasteiger charge is 2.29. The van der Waals surface area contributed by atoms with Crippen LogP contribution in [-0.4, -0.2) is 46.6 Å². The lowest BCUT2D eigenvalue weighted by atomic mass is 9.86. The fourth-order valence-electron chi connectivity index (χ4n) is 4.57. The maximum atomic E-state index is 11.3. The van der Waals surface area contributed by atoms with E-state index in [1.807, 2.05) is 0 Å². The van der Waals surface area contributed by atoms with Gasteiger partial charge in [-0.3, -0.25) is 9.59 Å². The van der Waals surface area contributed by atoms with E-state index < -0.39 is 22.8 Å². The standard InChI is InChI=1S/C26H44O6/c1-25(2,23(27)28)17-7-13-19-9-5-11-21(31-19)15-16-22-12-6-10-20(32-22)14-8-18-26(3,4)24(29)30/h15-16,19-22H,5-14,17-18H2,1-4H3,(H,27,28)(H,29,30)/b16-15+. The molecule has 32 heavy (non-hydrogen) atoms. The van der Waals surface area contributed by atoms with Crippen molar-refractivity contribution in [2.24, 2.45) is 10.8 Å². The Labute approximate surface area is 193 Å². The summed E-state index contributed by atoms with van der Waals surface area (Å²) in [6.45, 7) is 7.14. The summed E-state index contributed by atoms with van der Waals surface area (Å²) in [5.74, 6) is -1.47. The van der Waals surface area contributed by atoms with Crippen molar-refractivity contribution in [3.05, 3.63) is 12.2 Å². The molecule has 4 atom stereocenters. The Morgan fingerprint density at radius 2 is 1.12 bits per heavy atom. The van der Waals surface area contributed by atoms with Gasteiger partial charge in [-0.25, -0.2) is 0 Å². The second kappa shape index (κ2) is 12.2. The van der Waals surface area contributed by atoms with Crippen molar-refractivity contribution in [2.75, 3.05) is 0 Å². The normalized spacial score (nSPS) is 27.5. The van der Waals surface area contributed by atoms with Gasteiger partial charge in [-0.15, -0.1) is 0 Å². The van der Waals surface area contributed by atoms with E-state index in [0.29, 0.717) is 12.8 Å². The van der Waals surface area contributed by atoms with Crippen LogP contribution in [0.2, 0.25) is 0 Å². The van der Waals surface area contributed by atoms with Crippen molar-refractivity contribution in [3.63, 3.8) is 0 Å². The van der Waals surface area contributed by atoms with Gasteiger partial charge in [0.25, 0.3) is 0 Å². The first-order valence-electron chi connectivity index (χ1n) is 12.5. The molecule has 2 aliphatic heterocycles. The van der Waals surface area contributed by atoms with Crippen LogP contribution in [0, 0.1) is 10.8 Å². The highest BCUT2D eigenvalue weighted by molar-refractivity contribution is 5.73. The molecule has 0 bridgehead atoms. The summed E-state index contributed by atoms with van der Waals surface area (Å²) in [6, 6.07) is 0. The number of hydrogen-bond acceptors (Lipinski definition) is 4. The molecule has 2 heterocycles. The molecule has 0 aliphatic carbocycles. The third-order valence-corrected chi connectivity index (χ3v) is 7.12. The zero-order valence-electron chi connectivity index (χ0n) is 20.5. The third kappa shape index (κ3) is 8.86. The quantitative estimate of drug-likeness (QED) is 0.354. The van der Waals surface area contributed by atoms with Gasteiger partial charge in [0.15, 0.2) is 0 Å². The van der Waals surface area contributed by atoms with Crippen LogP contribution in [0.5, 0.6) is 0 Å². The number of hydrogen-bond donors (Lipinski definition) is 2. The molecule has 6 heteroatoms. The highest BCUT2D eigenvalue weighted by atomic mass is 16.5. The predicted molar refractivity (Wildman–Crippen MR) is 125 cm³/mol. The van der Waals surface area contributed by atoms with Gasteiger partial charge in [-0.05, 0) is 105 Å². The topological polar surface area (TPSA) is 93.1 Å². The molecule has 184 valence electrons. The fraction of sp³-hybridized carbons (Fsp3) is 0.846. The molecule has 2 fully saturated rings. The molecule has 0 aromatic heterocycles. The average molecular weight is 453 g/mol. The van der Waals surface area contributed by atoms with E-state index in [2.05, 4.69) is 12.2 Å². The van der Waals surface area contributed by atoms with Gasteiger partial charge >= 0.3 is 11.9 Å². The van der Waals surface area contributed by atoms with Gasteiger partial charge < -0.3 is 19.7 Å². The Hall–Kier alpha value is -1.40. The summed E-state index contributed by atoms with van der Waals surface area (Å²) in [4.78, 5) is 22.5. The molecule has 0 aromatic carbocycles. The Balaban J connectivity index is 1.72. The van der Waals surface area contributed by atoms with E-state index >= 15 is 0 Å². The first kappa shape index (κ1) is 26.8. The fourth-order valence-corrected chi connectivity index (χ4v) is 4.57. The third-order valence-electron chi connectivity index (χ3n) is 7.12. The van der Waals surface area contributed by atoms with Crippen molar-refractivity contribution >= 4 is 11.9 Å². The van der Waals surface area contributed by atoms with Crippen LogP contribution >= 0.6 is 0 Å². The van der Waals surface area contributed by atoms with Crippen LogP contribution in [0.25, 0.3) is 0 Å². The van der Waals surface area contributed by atoms with Crippen LogP contribution < -0.4 is 0 Å². The van der Waals surface area contributed by atoms with E-state index in [0.717, 1.165) is 64.2 Å². The summed E-state index contributed by atoms with van der Waals surface area (Å²) >= 11 is 0. The Kier molecular flexibility index (Phi) is 10.2. The van der Waals surface area contributed by atoms with Crippen LogP contribution in [0.15, 0.2) is 12.2 Å². The van der Waals surface area contributed by atoms with Crippen LogP contribution in [-0.2, 0) is 19.1 Å². The van der Waals surface area contributed by atoms with Crippen LogP contribution in [0.4, 0.5) is 0 Å². The van der Waals surface area contributed by atoms with E-state index in [1.54, 1.807) is 27.7 Å². The summed E-state index contributed by atoms with van der Waals surface area (Å²) < 4.78 is 12.5. The number of ether oxygens (including phenoxy) is 2. The first-order chi connectivity index (χ1) is 15.0. The van der Waals surface area contributed by atoms with Gasteiger partial charge in [0.2, 0.25) is 0 Å². The molecule has 2 N–H and O–H groups in total. The average Bonchev–Trinajstić information content (AvgIpc) is 2.72. The minimum Gasteiger partial charge on any atom is -0.481 e. The monoisotopic (exact) mass is 452 g/mol. The van der Waals surface area contributed by atoms with Gasteiger partial charge in [-0.2, -0.15) is 0 Å². The van der Waals surface area contributed by atoms with Crippen molar-refractivity contribution in [3.8, 4) is 0 Å². The Bertz CT molecular complexity index is 584. The van der Waals surface area contributed by atoms with Crippen molar-refractivity contribution in [1.82, 2.24) is 0 Å². The summed E-state index contributed by atoms with van der Waals surface area (Å²) in [6.07, 6.45) is 16.3. The minimum atomic E-state index is -0.737. The number of carboxylic acid groups (broad SMARTS) is 2. The lowest BCUT2D eigenvalue weighted by Crippen LogP contribution is -2.29. The summed E-state index contributed by atoms with van der Waals surface area (Å²) in [7, 11) is 0. The maximum absolute atomic E-state index is 11.3. The molecular weight excluding hydrogens is 408 g/mol. The second-order valence-corrected chi connectivity index (χ2v) is 11.0. The number of rotatable bonds is 12. The van der Waals surface area contributed by atoms with Gasteiger partial charge in [0.1, 0.15) is 0 Å². The highest BCUT2D eigenvalue weighted by Crippen LogP contribution is 2.30. The molecule has 0 radical (unpaired) electrons. The predicted octanol–water partition coefficient (Wildman–Crippen LogP) is 5.98. The van der Waals surface area contributed by atoms with Crippen LogP contribution in [0.1, 0.15) is 105 Å². The molecule has 0 aromatic rings. The molecule has 2 aliphatic rings. The lowest BCUT2D eigenvalue weighted by Gasteiger charge is -2.31. The van der Waals surface area contributed by atoms with Gasteiger partial charge in [0, 0.05) is 0 Å². The van der Waals surface area contributed by atoms with Crippen molar-refractivity contribution in [1.29, 1.82) is 0 Å². The molecular formula is C26H44O6. The van der Waals surface area contributed by atoms with E-state index in [9.17, 15) is 19.8 Å². The van der Waals surface area contributed by atoms with E-state index in [-0.39, 0.29) is 24.4 Å².